The highest BCUT2D eigenvalue weighted by Gasteiger charge is 2.24. The van der Waals surface area contributed by atoms with Gasteiger partial charge in [-0.3, -0.25) is 4.79 Å². The quantitative estimate of drug-likeness (QED) is 0.842. The summed E-state index contributed by atoms with van der Waals surface area (Å²) in [6, 6.07) is 14.8. The van der Waals surface area contributed by atoms with E-state index in [0.717, 1.165) is 18.7 Å². The van der Waals surface area contributed by atoms with Gasteiger partial charge in [-0.15, -0.1) is 0 Å². The first kappa shape index (κ1) is 16.3. The Kier molecular flexibility index (Phi) is 5.57. The van der Waals surface area contributed by atoms with Crippen LogP contribution >= 0.6 is 11.8 Å². The summed E-state index contributed by atoms with van der Waals surface area (Å²) >= 11 is 1.72. The van der Waals surface area contributed by atoms with Gasteiger partial charge in [-0.25, -0.2) is 0 Å². The largest absolute Gasteiger partial charge is 0.374 e. The molecule has 0 spiro atoms. The lowest BCUT2D eigenvalue weighted by Gasteiger charge is -2.33. The van der Waals surface area contributed by atoms with Gasteiger partial charge in [0.1, 0.15) is 0 Å². The maximum atomic E-state index is 12.2. The highest BCUT2D eigenvalue weighted by molar-refractivity contribution is 7.98. The van der Waals surface area contributed by atoms with Gasteiger partial charge in [0.05, 0.1) is 12.7 Å². The van der Waals surface area contributed by atoms with Crippen molar-refractivity contribution in [2.45, 2.75) is 18.9 Å². The van der Waals surface area contributed by atoms with E-state index in [1.165, 1.54) is 16.3 Å². The van der Waals surface area contributed by atoms with Crippen LogP contribution in [0.3, 0.4) is 0 Å². The highest BCUT2D eigenvalue weighted by atomic mass is 32.2. The van der Waals surface area contributed by atoms with Crippen molar-refractivity contribution in [1.29, 1.82) is 0 Å². The number of rotatable bonds is 5. The lowest BCUT2D eigenvalue weighted by Crippen LogP contribution is -2.46. The molecule has 122 valence electrons. The lowest BCUT2D eigenvalue weighted by molar-refractivity contribution is -0.138. The fraction of sp³-hybridized carbons (Fsp3) is 0.421. The summed E-state index contributed by atoms with van der Waals surface area (Å²) in [5, 5.41) is 2.54. The van der Waals surface area contributed by atoms with Crippen molar-refractivity contribution in [1.82, 2.24) is 4.90 Å². The molecule has 3 nitrogen and oxygen atoms in total. The van der Waals surface area contributed by atoms with E-state index in [4.69, 9.17) is 4.74 Å². The predicted molar refractivity (Wildman–Crippen MR) is 97.0 cm³/mol. The number of benzene rings is 2. The molecule has 1 aliphatic rings. The second-order valence-corrected chi connectivity index (χ2v) is 6.90. The molecule has 1 amide bonds. The Balaban J connectivity index is 1.68. The number of carbonyl (C=O) groups excluding carboxylic acids is 1. The Labute approximate surface area is 142 Å². The molecule has 3 rings (SSSR count). The second-order valence-electron chi connectivity index (χ2n) is 5.92. The molecule has 1 atom stereocenters. The first-order valence-corrected chi connectivity index (χ1v) is 9.52. The van der Waals surface area contributed by atoms with Gasteiger partial charge in [0.15, 0.2) is 0 Å². The van der Waals surface area contributed by atoms with Crippen molar-refractivity contribution in [3.8, 4) is 0 Å². The third-order valence-corrected chi connectivity index (χ3v) is 4.95. The number of morpholine rings is 1. The van der Waals surface area contributed by atoms with E-state index in [2.05, 4.69) is 42.5 Å². The molecule has 0 saturated carbocycles. The predicted octanol–water partition coefficient (Wildman–Crippen LogP) is 3.36. The standard InChI is InChI=1S/C19H23NO2S/c1-23-12-9-19(21)20-10-11-22-17(14-20)13-16-7-4-6-15-5-2-3-8-18(15)16/h2-8,17H,9-14H2,1H3/t17-/m0/s1. The van der Waals surface area contributed by atoms with Crippen molar-refractivity contribution in [2.75, 3.05) is 31.7 Å². The summed E-state index contributed by atoms with van der Waals surface area (Å²) in [6.45, 7) is 2.07. The van der Waals surface area contributed by atoms with Crippen molar-refractivity contribution in [3.63, 3.8) is 0 Å². The number of thioether (sulfide) groups is 1. The lowest BCUT2D eigenvalue weighted by atomic mass is 9.99. The Morgan fingerprint density at radius 1 is 1.26 bits per heavy atom. The van der Waals surface area contributed by atoms with Crippen LogP contribution in [0.1, 0.15) is 12.0 Å². The molecule has 1 saturated heterocycles. The molecule has 2 aromatic carbocycles. The monoisotopic (exact) mass is 329 g/mol. The van der Waals surface area contributed by atoms with E-state index >= 15 is 0 Å². The van der Waals surface area contributed by atoms with E-state index in [-0.39, 0.29) is 12.0 Å². The number of ether oxygens (including phenoxy) is 1. The first-order valence-electron chi connectivity index (χ1n) is 8.13. The third-order valence-electron chi connectivity index (χ3n) is 4.34. The van der Waals surface area contributed by atoms with Crippen LogP contribution in [0.2, 0.25) is 0 Å². The topological polar surface area (TPSA) is 29.5 Å². The minimum absolute atomic E-state index is 0.0905. The van der Waals surface area contributed by atoms with E-state index < -0.39 is 0 Å². The van der Waals surface area contributed by atoms with Gasteiger partial charge in [-0.05, 0) is 22.6 Å². The average Bonchev–Trinajstić information content (AvgIpc) is 2.60. The normalized spacial score (nSPS) is 18.3. The van der Waals surface area contributed by atoms with Crippen LogP contribution in [0.25, 0.3) is 10.8 Å². The Hall–Kier alpha value is -1.52. The zero-order chi connectivity index (χ0) is 16.1. The summed E-state index contributed by atoms with van der Waals surface area (Å²) in [7, 11) is 0. The van der Waals surface area contributed by atoms with Gasteiger partial charge in [0.25, 0.3) is 0 Å². The van der Waals surface area contributed by atoms with Gasteiger partial charge in [-0.1, -0.05) is 42.5 Å². The van der Waals surface area contributed by atoms with E-state index in [9.17, 15) is 4.79 Å². The number of fused-ring (bicyclic) bond motifs is 1. The molecule has 0 N–H and O–H groups in total. The van der Waals surface area contributed by atoms with E-state index in [1.54, 1.807) is 11.8 Å². The molecule has 0 aromatic heterocycles. The summed E-state index contributed by atoms with van der Waals surface area (Å²) in [5.41, 5.74) is 1.30. The van der Waals surface area contributed by atoms with Crippen LogP contribution in [0.15, 0.2) is 42.5 Å². The molecule has 1 aliphatic heterocycles. The summed E-state index contributed by atoms with van der Waals surface area (Å²) in [4.78, 5) is 14.2. The smallest absolute Gasteiger partial charge is 0.223 e. The molecular formula is C19H23NO2S. The van der Waals surface area contributed by atoms with Crippen molar-refractivity contribution >= 4 is 28.4 Å². The average molecular weight is 329 g/mol. The fourth-order valence-corrected chi connectivity index (χ4v) is 3.51. The summed E-state index contributed by atoms with van der Waals surface area (Å²) in [5.74, 6) is 1.15. The second kappa shape index (κ2) is 7.84. The molecule has 1 heterocycles. The molecule has 0 unspecified atom stereocenters. The Bertz CT molecular complexity index is 668. The molecule has 0 aliphatic carbocycles. The fourth-order valence-electron chi connectivity index (χ4n) is 3.13. The van der Waals surface area contributed by atoms with Gasteiger partial charge in [0.2, 0.25) is 5.91 Å². The number of hydrogen-bond donors (Lipinski definition) is 0. The molecule has 2 aromatic rings. The molecule has 0 bridgehead atoms. The minimum atomic E-state index is 0.0905. The maximum Gasteiger partial charge on any atom is 0.223 e. The third kappa shape index (κ3) is 4.06. The van der Waals surface area contributed by atoms with Crippen molar-refractivity contribution < 1.29 is 9.53 Å². The van der Waals surface area contributed by atoms with Gasteiger partial charge in [-0.2, -0.15) is 11.8 Å². The van der Waals surface area contributed by atoms with Crippen LogP contribution in [-0.4, -0.2) is 48.6 Å². The van der Waals surface area contributed by atoms with Gasteiger partial charge >= 0.3 is 0 Å². The van der Waals surface area contributed by atoms with Crippen LogP contribution in [0, 0.1) is 0 Å². The number of nitrogens with zero attached hydrogens (tertiary/aromatic N) is 1. The summed E-state index contributed by atoms with van der Waals surface area (Å²) in [6.07, 6.45) is 3.61. The van der Waals surface area contributed by atoms with Gasteiger partial charge < -0.3 is 9.64 Å². The van der Waals surface area contributed by atoms with Crippen molar-refractivity contribution in [2.24, 2.45) is 0 Å². The van der Waals surface area contributed by atoms with E-state index in [1.807, 2.05) is 11.2 Å². The van der Waals surface area contributed by atoms with Crippen molar-refractivity contribution in [3.05, 3.63) is 48.0 Å². The Morgan fingerprint density at radius 2 is 2.09 bits per heavy atom. The van der Waals surface area contributed by atoms with Gasteiger partial charge in [0, 0.05) is 31.7 Å². The van der Waals surface area contributed by atoms with Crippen LogP contribution in [0.5, 0.6) is 0 Å². The highest BCUT2D eigenvalue weighted by Crippen LogP contribution is 2.21. The molecule has 1 fully saturated rings. The van der Waals surface area contributed by atoms with Crippen LogP contribution in [-0.2, 0) is 16.0 Å². The number of amides is 1. The molecule has 0 radical (unpaired) electrons. The van der Waals surface area contributed by atoms with Crippen LogP contribution < -0.4 is 0 Å². The molecule has 4 heteroatoms. The minimum Gasteiger partial charge on any atom is -0.374 e. The van der Waals surface area contributed by atoms with Crippen LogP contribution in [0.4, 0.5) is 0 Å². The SMILES string of the molecule is CSCCC(=O)N1CCO[C@@H](Cc2cccc3ccccc23)C1. The molecular weight excluding hydrogens is 306 g/mol. The molecule has 23 heavy (non-hydrogen) atoms. The van der Waals surface area contributed by atoms with E-state index in [0.29, 0.717) is 19.6 Å². The zero-order valence-electron chi connectivity index (χ0n) is 13.5. The maximum absolute atomic E-state index is 12.2. The summed E-state index contributed by atoms with van der Waals surface area (Å²) < 4.78 is 5.92. The zero-order valence-corrected chi connectivity index (χ0v) is 14.3. The number of carbonyl (C=O) groups is 1. The Morgan fingerprint density at radius 3 is 2.96 bits per heavy atom. The number of hydrogen-bond acceptors (Lipinski definition) is 3. The first-order chi connectivity index (χ1) is 11.3.